The van der Waals surface area contributed by atoms with E-state index in [0.717, 1.165) is 11.1 Å². The third-order valence-electron chi connectivity index (χ3n) is 3.42. The molecule has 1 atom stereocenters. The Bertz CT molecular complexity index is 558. The zero-order valence-corrected chi connectivity index (χ0v) is 12.8. The first-order chi connectivity index (χ1) is 10.0. The third kappa shape index (κ3) is 4.26. The van der Waals surface area contributed by atoms with Crippen molar-refractivity contribution in [2.75, 3.05) is 0 Å². The summed E-state index contributed by atoms with van der Waals surface area (Å²) in [6.07, 6.45) is 0.362. The number of hydrogen-bond donors (Lipinski definition) is 3. The number of benzene rings is 2. The maximum absolute atomic E-state index is 11.6. The molecule has 2 rings (SSSR count). The molecule has 0 fully saturated rings. The van der Waals surface area contributed by atoms with Gasteiger partial charge >= 0.3 is 7.60 Å². The molecule has 0 unspecified atom stereocenters. The van der Waals surface area contributed by atoms with Gasteiger partial charge in [-0.05, 0) is 17.5 Å². The van der Waals surface area contributed by atoms with Gasteiger partial charge in [-0.25, -0.2) is 0 Å². The molecule has 0 aliphatic heterocycles. The number of rotatable bonds is 6. The zero-order chi connectivity index (χ0) is 15.3. The van der Waals surface area contributed by atoms with E-state index in [2.05, 4.69) is 5.32 Å². The van der Waals surface area contributed by atoms with Crippen LogP contribution in [0, 0.1) is 0 Å². The van der Waals surface area contributed by atoms with Crippen LogP contribution in [0.5, 0.6) is 0 Å². The molecule has 2 aromatic rings. The lowest BCUT2D eigenvalue weighted by atomic mass is 9.99. The molecule has 4 nitrogen and oxygen atoms in total. The molecule has 0 saturated heterocycles. The van der Waals surface area contributed by atoms with Gasteiger partial charge in [0.2, 0.25) is 0 Å². The van der Waals surface area contributed by atoms with Gasteiger partial charge < -0.3 is 9.79 Å². The first-order valence-corrected chi connectivity index (χ1v) is 8.61. The highest BCUT2D eigenvalue weighted by atomic mass is 31.2. The first kappa shape index (κ1) is 15.9. The van der Waals surface area contributed by atoms with Crippen molar-refractivity contribution in [2.45, 2.75) is 25.2 Å². The maximum atomic E-state index is 11.6. The summed E-state index contributed by atoms with van der Waals surface area (Å²) in [5.41, 5.74) is 1.96. The summed E-state index contributed by atoms with van der Waals surface area (Å²) in [6.45, 7) is 1.77. The lowest BCUT2D eigenvalue weighted by Gasteiger charge is -2.26. The van der Waals surface area contributed by atoms with Crippen molar-refractivity contribution in [1.29, 1.82) is 0 Å². The van der Waals surface area contributed by atoms with Gasteiger partial charge in [0.25, 0.3) is 0 Å². The van der Waals surface area contributed by atoms with Crippen molar-refractivity contribution >= 4 is 7.60 Å². The minimum Gasteiger partial charge on any atom is -0.323 e. The molecule has 0 aliphatic carbocycles. The van der Waals surface area contributed by atoms with Crippen LogP contribution in [0.25, 0.3) is 0 Å². The fraction of sp³-hybridized carbons (Fsp3) is 0.250. The largest absolute Gasteiger partial charge is 0.342 e. The SMILES string of the molecule is CC[C@H](NC(c1ccccc1)c1ccccc1)P(=O)(O)O. The minimum atomic E-state index is -4.18. The molecule has 21 heavy (non-hydrogen) atoms. The van der Waals surface area contributed by atoms with Crippen LogP contribution in [0.4, 0.5) is 0 Å². The van der Waals surface area contributed by atoms with Crippen LogP contribution in [-0.2, 0) is 4.57 Å². The topological polar surface area (TPSA) is 69.6 Å². The molecule has 3 N–H and O–H groups in total. The van der Waals surface area contributed by atoms with Crippen LogP contribution in [0.3, 0.4) is 0 Å². The Hall–Kier alpha value is -1.45. The van der Waals surface area contributed by atoms with Crippen LogP contribution < -0.4 is 5.32 Å². The molecule has 0 heterocycles. The van der Waals surface area contributed by atoms with E-state index < -0.39 is 13.4 Å². The van der Waals surface area contributed by atoms with Crippen molar-refractivity contribution in [3.63, 3.8) is 0 Å². The predicted octanol–water partition coefficient (Wildman–Crippen LogP) is 3.28. The summed E-state index contributed by atoms with van der Waals surface area (Å²) in [6, 6.07) is 19.1. The quantitative estimate of drug-likeness (QED) is 0.716. The van der Waals surface area contributed by atoms with E-state index >= 15 is 0 Å². The summed E-state index contributed by atoms with van der Waals surface area (Å²) in [4.78, 5) is 18.9. The minimum absolute atomic E-state index is 0.245. The molecule has 112 valence electrons. The second kappa shape index (κ2) is 7.01. The van der Waals surface area contributed by atoms with E-state index in [1.165, 1.54) is 0 Å². The van der Waals surface area contributed by atoms with E-state index in [1.54, 1.807) is 6.92 Å². The Labute approximate surface area is 125 Å². The second-order valence-corrected chi connectivity index (χ2v) is 6.74. The molecule has 0 aliphatic rings. The normalized spacial score (nSPS) is 13.3. The van der Waals surface area contributed by atoms with Gasteiger partial charge in [-0.3, -0.25) is 9.88 Å². The molecule has 0 bridgehead atoms. The maximum Gasteiger partial charge on any atom is 0.342 e. The first-order valence-electron chi connectivity index (χ1n) is 6.93. The Kier molecular flexibility index (Phi) is 5.32. The Morgan fingerprint density at radius 3 is 1.71 bits per heavy atom. The van der Waals surface area contributed by atoms with Gasteiger partial charge in [0.15, 0.2) is 0 Å². The summed E-state index contributed by atoms with van der Waals surface area (Å²) in [7, 11) is -4.18. The van der Waals surface area contributed by atoms with Crippen LogP contribution in [0.15, 0.2) is 60.7 Å². The van der Waals surface area contributed by atoms with Crippen molar-refractivity contribution < 1.29 is 14.4 Å². The van der Waals surface area contributed by atoms with Crippen molar-refractivity contribution in [3.05, 3.63) is 71.8 Å². The van der Waals surface area contributed by atoms with Crippen LogP contribution >= 0.6 is 7.60 Å². The average Bonchev–Trinajstić information content (AvgIpc) is 2.49. The highest BCUT2D eigenvalue weighted by molar-refractivity contribution is 7.52. The van der Waals surface area contributed by atoms with Crippen LogP contribution in [0.1, 0.15) is 30.5 Å². The summed E-state index contributed by atoms with van der Waals surface area (Å²) in [5, 5.41) is 3.11. The molecule has 0 amide bonds. The van der Waals surface area contributed by atoms with Crippen LogP contribution in [0.2, 0.25) is 0 Å². The number of hydrogen-bond acceptors (Lipinski definition) is 2. The second-order valence-electron chi connectivity index (χ2n) is 4.93. The predicted molar refractivity (Wildman–Crippen MR) is 84.0 cm³/mol. The summed E-state index contributed by atoms with van der Waals surface area (Å²) >= 11 is 0. The van der Waals surface area contributed by atoms with Gasteiger partial charge in [-0.2, -0.15) is 0 Å². The number of nitrogens with one attached hydrogen (secondary N) is 1. The van der Waals surface area contributed by atoms with E-state index in [1.807, 2.05) is 60.7 Å². The van der Waals surface area contributed by atoms with E-state index in [9.17, 15) is 14.4 Å². The third-order valence-corrected chi connectivity index (χ3v) is 4.74. The lowest BCUT2D eigenvalue weighted by molar-refractivity contribution is 0.339. The smallest absolute Gasteiger partial charge is 0.323 e. The zero-order valence-electron chi connectivity index (χ0n) is 11.9. The molecular formula is C16H20NO3P. The molecule has 5 heteroatoms. The van der Waals surface area contributed by atoms with E-state index in [4.69, 9.17) is 0 Å². The molecule has 2 aromatic carbocycles. The van der Waals surface area contributed by atoms with Crippen molar-refractivity contribution in [1.82, 2.24) is 5.32 Å². The van der Waals surface area contributed by atoms with Gasteiger partial charge in [0, 0.05) is 0 Å². The highest BCUT2D eigenvalue weighted by Gasteiger charge is 2.30. The Morgan fingerprint density at radius 2 is 1.38 bits per heavy atom. The lowest BCUT2D eigenvalue weighted by Crippen LogP contribution is -2.33. The summed E-state index contributed by atoms with van der Waals surface area (Å²) in [5.74, 6) is -0.858. The summed E-state index contributed by atoms with van der Waals surface area (Å²) < 4.78 is 11.6. The van der Waals surface area contributed by atoms with Gasteiger partial charge in [-0.1, -0.05) is 67.6 Å². The molecule has 0 spiro atoms. The molecule has 0 saturated carbocycles. The Balaban J connectivity index is 2.36. The van der Waals surface area contributed by atoms with Gasteiger partial charge in [0.1, 0.15) is 5.78 Å². The van der Waals surface area contributed by atoms with E-state index in [0.29, 0.717) is 6.42 Å². The highest BCUT2D eigenvalue weighted by Crippen LogP contribution is 2.42. The molecule has 0 aromatic heterocycles. The fourth-order valence-electron chi connectivity index (χ4n) is 2.32. The van der Waals surface area contributed by atoms with Crippen molar-refractivity contribution in [2.24, 2.45) is 0 Å². The molecular weight excluding hydrogens is 285 g/mol. The Morgan fingerprint density at radius 1 is 0.952 bits per heavy atom. The standard InChI is InChI=1S/C16H20NO3P/c1-2-15(21(18,19)20)17-16(13-9-5-3-6-10-13)14-11-7-4-8-12-14/h3-12,15-17H,2H2,1H3,(H2,18,19,20)/t15-/m1/s1. The molecule has 0 radical (unpaired) electrons. The van der Waals surface area contributed by atoms with Crippen molar-refractivity contribution in [3.8, 4) is 0 Å². The average molecular weight is 305 g/mol. The fourth-order valence-corrected chi connectivity index (χ4v) is 3.14. The van der Waals surface area contributed by atoms with E-state index in [-0.39, 0.29) is 6.04 Å². The van der Waals surface area contributed by atoms with Gasteiger partial charge in [-0.15, -0.1) is 0 Å². The van der Waals surface area contributed by atoms with Crippen LogP contribution in [-0.4, -0.2) is 15.6 Å². The van der Waals surface area contributed by atoms with Gasteiger partial charge in [0.05, 0.1) is 6.04 Å². The monoisotopic (exact) mass is 305 g/mol.